The zero-order valence-electron chi connectivity index (χ0n) is 10.5. The van der Waals surface area contributed by atoms with Crippen LogP contribution in [0, 0.1) is 6.42 Å². The summed E-state index contributed by atoms with van der Waals surface area (Å²) < 4.78 is 11.3. The van der Waals surface area contributed by atoms with Crippen molar-refractivity contribution in [2.24, 2.45) is 0 Å². The fourth-order valence-electron chi connectivity index (χ4n) is 1.52. The molecule has 1 radical (unpaired) electrons. The van der Waals surface area contributed by atoms with Crippen LogP contribution in [0.25, 0.3) is 0 Å². The fraction of sp³-hybridized carbons (Fsp3) is 0.188. The lowest BCUT2D eigenvalue weighted by Crippen LogP contribution is -1.96. The van der Waals surface area contributed by atoms with E-state index < -0.39 is 0 Å². The van der Waals surface area contributed by atoms with Crippen molar-refractivity contribution in [1.82, 2.24) is 0 Å². The first-order chi connectivity index (χ1) is 8.88. The summed E-state index contributed by atoms with van der Waals surface area (Å²) in [6.07, 6.45) is 3.05. The van der Waals surface area contributed by atoms with Crippen molar-refractivity contribution in [1.29, 1.82) is 0 Å². The van der Waals surface area contributed by atoms with Gasteiger partial charge >= 0.3 is 0 Å². The number of hydrogen-bond donors (Lipinski definition) is 0. The zero-order valence-corrected chi connectivity index (χ0v) is 10.5. The molecule has 93 valence electrons. The third-order valence-corrected chi connectivity index (χ3v) is 2.48. The van der Waals surface area contributed by atoms with Crippen molar-refractivity contribution >= 4 is 0 Å². The van der Waals surface area contributed by atoms with Gasteiger partial charge in [-0.3, -0.25) is 0 Å². The molecule has 0 saturated carbocycles. The summed E-state index contributed by atoms with van der Waals surface area (Å²) in [6, 6.07) is 17.4. The zero-order chi connectivity index (χ0) is 12.6. The van der Waals surface area contributed by atoms with Crippen molar-refractivity contribution in [3.8, 4) is 17.2 Å². The van der Waals surface area contributed by atoms with Crippen LogP contribution in [0.2, 0.25) is 0 Å². The highest BCUT2D eigenvalue weighted by molar-refractivity contribution is 5.35. The predicted octanol–water partition coefficient (Wildman–Crippen LogP) is 4.47. The summed E-state index contributed by atoms with van der Waals surface area (Å²) in [4.78, 5) is 0. The largest absolute Gasteiger partial charge is 0.494 e. The van der Waals surface area contributed by atoms with Gasteiger partial charge in [0, 0.05) is 0 Å². The van der Waals surface area contributed by atoms with Gasteiger partial charge in [0.05, 0.1) is 6.61 Å². The molecular formula is C16H17O2. The third-order valence-electron chi connectivity index (χ3n) is 2.48. The molecule has 0 N–H and O–H groups in total. The van der Waals surface area contributed by atoms with Crippen LogP contribution in [0.4, 0.5) is 0 Å². The van der Waals surface area contributed by atoms with E-state index >= 15 is 0 Å². The SMILES string of the molecule is C[CH]CCOc1ccc(Oc2ccccc2)cc1. The Bertz CT molecular complexity index is 448. The van der Waals surface area contributed by atoms with E-state index in [-0.39, 0.29) is 0 Å². The molecule has 2 nitrogen and oxygen atoms in total. The standard InChI is InChI=1S/C16H17O2/c1-2-3-13-17-14-9-11-16(12-10-14)18-15-7-5-4-6-8-15/h2,4-12H,3,13H2,1H3. The van der Waals surface area contributed by atoms with Crippen molar-refractivity contribution in [3.05, 3.63) is 61.0 Å². The molecule has 0 atom stereocenters. The molecule has 0 aliphatic heterocycles. The lowest BCUT2D eigenvalue weighted by atomic mass is 10.3. The van der Waals surface area contributed by atoms with Crippen LogP contribution < -0.4 is 9.47 Å². The molecule has 0 amide bonds. The van der Waals surface area contributed by atoms with Gasteiger partial charge in [-0.25, -0.2) is 0 Å². The van der Waals surface area contributed by atoms with Crippen molar-refractivity contribution in [2.45, 2.75) is 13.3 Å². The summed E-state index contributed by atoms with van der Waals surface area (Å²) >= 11 is 0. The Morgan fingerprint density at radius 3 is 2.11 bits per heavy atom. The minimum Gasteiger partial charge on any atom is -0.494 e. The van der Waals surface area contributed by atoms with E-state index in [0.717, 1.165) is 30.3 Å². The molecule has 0 fully saturated rings. The average molecular weight is 241 g/mol. The molecule has 0 bridgehead atoms. The van der Waals surface area contributed by atoms with E-state index in [9.17, 15) is 0 Å². The van der Waals surface area contributed by atoms with Crippen molar-refractivity contribution in [3.63, 3.8) is 0 Å². The summed E-state index contributed by atoms with van der Waals surface area (Å²) in [5.74, 6) is 2.53. The van der Waals surface area contributed by atoms with Crippen LogP contribution in [-0.2, 0) is 0 Å². The van der Waals surface area contributed by atoms with Gasteiger partial charge in [-0.1, -0.05) is 25.1 Å². The molecule has 0 aromatic heterocycles. The number of para-hydroxylation sites is 1. The lowest BCUT2D eigenvalue weighted by Gasteiger charge is -2.07. The topological polar surface area (TPSA) is 18.5 Å². The van der Waals surface area contributed by atoms with Crippen molar-refractivity contribution in [2.75, 3.05) is 6.61 Å². The minimum atomic E-state index is 0.718. The lowest BCUT2D eigenvalue weighted by molar-refractivity contribution is 0.320. The van der Waals surface area contributed by atoms with Gasteiger partial charge in [0.15, 0.2) is 0 Å². The predicted molar refractivity (Wildman–Crippen MR) is 73.0 cm³/mol. The molecular weight excluding hydrogens is 224 g/mol. The number of rotatable bonds is 6. The van der Waals surface area contributed by atoms with Gasteiger partial charge in [0.2, 0.25) is 0 Å². The first-order valence-corrected chi connectivity index (χ1v) is 6.12. The van der Waals surface area contributed by atoms with E-state index in [1.54, 1.807) is 0 Å². The smallest absolute Gasteiger partial charge is 0.127 e. The molecule has 18 heavy (non-hydrogen) atoms. The van der Waals surface area contributed by atoms with Crippen LogP contribution in [0.1, 0.15) is 13.3 Å². The van der Waals surface area contributed by atoms with Crippen LogP contribution in [0.15, 0.2) is 54.6 Å². The fourth-order valence-corrected chi connectivity index (χ4v) is 1.52. The Hall–Kier alpha value is -1.96. The Balaban J connectivity index is 1.91. The second kappa shape index (κ2) is 6.70. The maximum Gasteiger partial charge on any atom is 0.127 e. The molecule has 2 aromatic rings. The Morgan fingerprint density at radius 1 is 0.833 bits per heavy atom. The van der Waals surface area contributed by atoms with Crippen LogP contribution in [0.3, 0.4) is 0 Å². The molecule has 0 aliphatic rings. The van der Waals surface area contributed by atoms with E-state index in [1.165, 1.54) is 0 Å². The highest BCUT2D eigenvalue weighted by atomic mass is 16.5. The van der Waals surface area contributed by atoms with Gasteiger partial charge in [-0.2, -0.15) is 0 Å². The Kier molecular flexibility index (Phi) is 4.65. The van der Waals surface area contributed by atoms with Crippen molar-refractivity contribution < 1.29 is 9.47 Å². The first-order valence-electron chi connectivity index (χ1n) is 6.12. The van der Waals surface area contributed by atoms with Crippen LogP contribution >= 0.6 is 0 Å². The highest BCUT2D eigenvalue weighted by Crippen LogP contribution is 2.23. The van der Waals surface area contributed by atoms with Gasteiger partial charge < -0.3 is 9.47 Å². The maximum absolute atomic E-state index is 5.70. The number of hydrogen-bond acceptors (Lipinski definition) is 2. The molecule has 2 rings (SSSR count). The highest BCUT2D eigenvalue weighted by Gasteiger charge is 1.97. The number of unbranched alkanes of at least 4 members (excludes halogenated alkanes) is 1. The summed E-state index contributed by atoms with van der Waals surface area (Å²) in [5, 5.41) is 0. The Labute approximate surface area is 108 Å². The molecule has 0 spiro atoms. The Morgan fingerprint density at radius 2 is 1.44 bits per heavy atom. The number of ether oxygens (including phenoxy) is 2. The van der Waals surface area contributed by atoms with Gasteiger partial charge in [0.25, 0.3) is 0 Å². The molecule has 0 heterocycles. The van der Waals surface area contributed by atoms with Gasteiger partial charge in [-0.15, -0.1) is 0 Å². The van der Waals surface area contributed by atoms with Crippen LogP contribution in [-0.4, -0.2) is 6.61 Å². The molecule has 0 aliphatic carbocycles. The van der Waals surface area contributed by atoms with Gasteiger partial charge in [-0.05, 0) is 49.2 Å². The van der Waals surface area contributed by atoms with E-state index in [1.807, 2.05) is 61.5 Å². The summed E-state index contributed by atoms with van der Waals surface area (Å²) in [7, 11) is 0. The van der Waals surface area contributed by atoms with Gasteiger partial charge in [0.1, 0.15) is 17.2 Å². The third kappa shape index (κ3) is 3.81. The number of benzene rings is 2. The van der Waals surface area contributed by atoms with E-state index in [4.69, 9.17) is 9.47 Å². The second-order valence-electron chi connectivity index (χ2n) is 3.93. The first kappa shape index (κ1) is 12.5. The van der Waals surface area contributed by atoms with E-state index in [0.29, 0.717) is 0 Å². The average Bonchev–Trinajstić information content (AvgIpc) is 2.42. The minimum absolute atomic E-state index is 0.718. The molecule has 2 heteroatoms. The molecule has 2 aromatic carbocycles. The quantitative estimate of drug-likeness (QED) is 0.694. The summed E-state index contributed by atoms with van der Waals surface area (Å²) in [6.45, 7) is 2.75. The maximum atomic E-state index is 5.70. The monoisotopic (exact) mass is 241 g/mol. The summed E-state index contributed by atoms with van der Waals surface area (Å²) in [5.41, 5.74) is 0. The van der Waals surface area contributed by atoms with Crippen LogP contribution in [0.5, 0.6) is 17.2 Å². The van der Waals surface area contributed by atoms with E-state index in [2.05, 4.69) is 6.42 Å². The normalized spacial score (nSPS) is 10.1. The molecule has 0 saturated heterocycles. The second-order valence-corrected chi connectivity index (χ2v) is 3.93. The molecule has 0 unspecified atom stereocenters.